The van der Waals surface area contributed by atoms with Gasteiger partial charge in [-0.3, -0.25) is 0 Å². The average Bonchev–Trinajstić information content (AvgIpc) is 3.08. The van der Waals surface area contributed by atoms with E-state index >= 15 is 0 Å². The van der Waals surface area contributed by atoms with Crippen molar-refractivity contribution in [3.8, 4) is 0 Å². The minimum Gasteiger partial charge on any atom is -0.466 e. The first-order valence-corrected chi connectivity index (χ1v) is 14.6. The van der Waals surface area contributed by atoms with Crippen molar-refractivity contribution in [2.24, 2.45) is 0 Å². The molecule has 7 nitrogen and oxygen atoms in total. The smallest absolute Gasteiger partial charge is 0.330 e. The van der Waals surface area contributed by atoms with E-state index in [9.17, 15) is 9.90 Å². The first-order valence-electron chi connectivity index (χ1n) is 14.6. The van der Waals surface area contributed by atoms with Gasteiger partial charge in [-0.05, 0) is 28.3 Å². The first-order chi connectivity index (χ1) is 21.6. The normalized spacial score (nSPS) is 14.1. The Bertz CT molecular complexity index is 1360. The predicted molar refractivity (Wildman–Crippen MR) is 168 cm³/mol. The van der Waals surface area contributed by atoms with Crippen LogP contribution in [0.5, 0.6) is 0 Å². The molecule has 4 rings (SSSR count). The van der Waals surface area contributed by atoms with Crippen LogP contribution in [0.2, 0.25) is 0 Å². The van der Waals surface area contributed by atoms with Crippen LogP contribution in [0.4, 0.5) is 0 Å². The lowest BCUT2D eigenvalue weighted by molar-refractivity contribution is -0.178. The second-order valence-electron chi connectivity index (χ2n) is 10.2. The van der Waals surface area contributed by atoms with E-state index in [4.69, 9.17) is 23.7 Å². The molecule has 0 amide bonds. The minimum atomic E-state index is -1.09. The van der Waals surface area contributed by atoms with E-state index < -0.39 is 30.4 Å². The second kappa shape index (κ2) is 18.5. The second-order valence-corrected chi connectivity index (χ2v) is 10.2. The molecule has 0 aromatic heterocycles. The van der Waals surface area contributed by atoms with Gasteiger partial charge < -0.3 is 28.8 Å². The number of rotatable bonds is 18. The number of hydrogen-bond donors (Lipinski definition) is 1. The maximum atomic E-state index is 12.2. The van der Waals surface area contributed by atoms with E-state index in [1.807, 2.05) is 121 Å². The molecular weight excluding hydrogens is 556 g/mol. The molecule has 0 aliphatic rings. The van der Waals surface area contributed by atoms with Crippen LogP contribution in [0.1, 0.15) is 22.3 Å². The van der Waals surface area contributed by atoms with E-state index in [1.165, 1.54) is 13.2 Å². The number of esters is 1. The van der Waals surface area contributed by atoms with E-state index in [-0.39, 0.29) is 26.4 Å². The lowest BCUT2D eigenvalue weighted by Crippen LogP contribution is -2.49. The van der Waals surface area contributed by atoms with Crippen molar-refractivity contribution < 1.29 is 33.6 Å². The lowest BCUT2D eigenvalue weighted by atomic mass is 10.0. The summed E-state index contributed by atoms with van der Waals surface area (Å²) >= 11 is 0. The van der Waals surface area contributed by atoms with Gasteiger partial charge in [-0.15, -0.1) is 0 Å². The number of carbonyl (C=O) groups is 1. The zero-order valence-electron chi connectivity index (χ0n) is 24.9. The number of aliphatic hydroxyl groups is 1. The van der Waals surface area contributed by atoms with Gasteiger partial charge in [0.2, 0.25) is 0 Å². The molecule has 0 bridgehead atoms. The highest BCUT2D eigenvalue weighted by Gasteiger charge is 2.36. The average molecular weight is 597 g/mol. The molecule has 0 aliphatic carbocycles. The monoisotopic (exact) mass is 596 g/mol. The summed E-state index contributed by atoms with van der Waals surface area (Å²) in [6, 6.07) is 38.9. The molecule has 44 heavy (non-hydrogen) atoms. The Morgan fingerprint density at radius 3 is 1.48 bits per heavy atom. The van der Waals surface area contributed by atoms with Crippen molar-refractivity contribution in [3.05, 3.63) is 156 Å². The van der Waals surface area contributed by atoms with Gasteiger partial charge in [0.1, 0.15) is 24.4 Å². The molecule has 0 spiro atoms. The van der Waals surface area contributed by atoms with Gasteiger partial charge in [-0.2, -0.15) is 0 Å². The Morgan fingerprint density at radius 2 is 1.02 bits per heavy atom. The largest absolute Gasteiger partial charge is 0.466 e. The molecule has 1 N–H and O–H groups in total. The molecule has 0 heterocycles. The van der Waals surface area contributed by atoms with Crippen LogP contribution in [0, 0.1) is 0 Å². The van der Waals surface area contributed by atoms with E-state index in [0.717, 1.165) is 22.3 Å². The van der Waals surface area contributed by atoms with Crippen molar-refractivity contribution in [1.82, 2.24) is 0 Å². The predicted octanol–water partition coefficient (Wildman–Crippen LogP) is 6.05. The quantitative estimate of drug-likeness (QED) is 0.111. The van der Waals surface area contributed by atoms with Crippen molar-refractivity contribution in [3.63, 3.8) is 0 Å². The SMILES string of the molecule is COC(=O)/C=C/[C@H](OCc1ccccc1)[C@@H](OCc1ccccc1)[C@@H](OCc1ccccc1)[C@H](O)COCc1ccccc1. The molecule has 0 saturated heterocycles. The van der Waals surface area contributed by atoms with Crippen molar-refractivity contribution in [2.75, 3.05) is 13.7 Å². The zero-order valence-corrected chi connectivity index (χ0v) is 24.9. The highest BCUT2D eigenvalue weighted by molar-refractivity contribution is 5.81. The maximum absolute atomic E-state index is 12.2. The third kappa shape index (κ3) is 11.2. The van der Waals surface area contributed by atoms with Crippen LogP contribution in [0.25, 0.3) is 0 Å². The Labute approximate surface area is 259 Å². The third-order valence-electron chi connectivity index (χ3n) is 6.91. The van der Waals surface area contributed by atoms with Gasteiger partial charge in [-0.1, -0.05) is 121 Å². The fourth-order valence-corrected chi connectivity index (χ4v) is 4.57. The molecular formula is C37H40O7. The van der Waals surface area contributed by atoms with Gasteiger partial charge in [-0.25, -0.2) is 4.79 Å². The van der Waals surface area contributed by atoms with Gasteiger partial charge in [0.15, 0.2) is 0 Å². The van der Waals surface area contributed by atoms with Crippen LogP contribution >= 0.6 is 0 Å². The van der Waals surface area contributed by atoms with Gasteiger partial charge in [0.25, 0.3) is 0 Å². The summed E-state index contributed by atoms with van der Waals surface area (Å²) in [5.74, 6) is -0.534. The Hall–Kier alpha value is -4.11. The standard InChI is InChI=1S/C37H40O7/c1-40-35(39)23-22-34(42-25-30-16-8-3-9-17-30)37(44-27-32-20-12-5-13-21-32)36(43-26-31-18-10-4-11-19-31)33(38)28-41-24-29-14-6-2-7-15-29/h2-23,33-34,36-38H,24-28H2,1H3/b23-22+/t33-,34+,36+,37-/m1/s1. The molecule has 0 aliphatic heterocycles. The molecule has 4 aromatic rings. The van der Waals surface area contributed by atoms with Crippen LogP contribution in [0.3, 0.4) is 0 Å². The summed E-state index contributed by atoms with van der Waals surface area (Å²) < 4.78 is 30.1. The lowest BCUT2D eigenvalue weighted by Gasteiger charge is -2.35. The van der Waals surface area contributed by atoms with Gasteiger partial charge in [0.05, 0.1) is 40.1 Å². The van der Waals surface area contributed by atoms with E-state index in [1.54, 1.807) is 6.08 Å². The summed E-state index contributed by atoms with van der Waals surface area (Å²) in [4.78, 5) is 12.2. The maximum Gasteiger partial charge on any atom is 0.330 e. The molecule has 4 atom stereocenters. The number of benzene rings is 4. The first kappa shape index (κ1) is 32.8. The number of methoxy groups -OCH3 is 1. The molecule has 0 radical (unpaired) electrons. The Morgan fingerprint density at radius 1 is 0.614 bits per heavy atom. The summed E-state index contributed by atoms with van der Waals surface area (Å²) in [6.45, 7) is 1.01. The van der Waals surface area contributed by atoms with Crippen molar-refractivity contribution >= 4 is 5.97 Å². The van der Waals surface area contributed by atoms with Gasteiger partial charge in [0, 0.05) is 6.08 Å². The van der Waals surface area contributed by atoms with Crippen molar-refractivity contribution in [1.29, 1.82) is 0 Å². The Kier molecular flexibility index (Phi) is 13.8. The van der Waals surface area contributed by atoms with Crippen LogP contribution in [-0.2, 0) is 54.9 Å². The highest BCUT2D eigenvalue weighted by atomic mass is 16.6. The summed E-state index contributed by atoms with van der Waals surface area (Å²) in [6.07, 6.45) is -0.696. The number of ether oxygens (including phenoxy) is 5. The van der Waals surface area contributed by atoms with Crippen LogP contribution < -0.4 is 0 Å². The summed E-state index contributed by atoms with van der Waals surface area (Å²) in [5, 5.41) is 11.6. The third-order valence-corrected chi connectivity index (χ3v) is 6.91. The molecule has 0 fully saturated rings. The molecule has 0 unspecified atom stereocenters. The minimum absolute atomic E-state index is 0.00827. The summed E-state index contributed by atoms with van der Waals surface area (Å²) in [7, 11) is 1.31. The van der Waals surface area contributed by atoms with E-state index in [0.29, 0.717) is 6.61 Å². The molecule has 0 saturated carbocycles. The molecule has 230 valence electrons. The fourth-order valence-electron chi connectivity index (χ4n) is 4.57. The topological polar surface area (TPSA) is 83.5 Å². The van der Waals surface area contributed by atoms with Crippen molar-refractivity contribution in [2.45, 2.75) is 50.8 Å². The molecule has 4 aromatic carbocycles. The molecule has 7 heteroatoms. The highest BCUT2D eigenvalue weighted by Crippen LogP contribution is 2.22. The number of aliphatic hydroxyl groups excluding tert-OH is 1. The van der Waals surface area contributed by atoms with Gasteiger partial charge >= 0.3 is 5.97 Å². The van der Waals surface area contributed by atoms with Crippen LogP contribution in [0.15, 0.2) is 133 Å². The summed E-state index contributed by atoms with van der Waals surface area (Å²) in [5.41, 5.74) is 3.80. The van der Waals surface area contributed by atoms with E-state index in [2.05, 4.69) is 0 Å². The number of carbonyl (C=O) groups excluding carboxylic acids is 1. The van der Waals surface area contributed by atoms with Crippen LogP contribution in [-0.4, -0.2) is 49.2 Å². The number of hydrogen-bond acceptors (Lipinski definition) is 7. The Balaban J connectivity index is 1.62. The fraction of sp³-hybridized carbons (Fsp3) is 0.270. The zero-order chi connectivity index (χ0) is 30.8.